The van der Waals surface area contributed by atoms with E-state index in [0.29, 0.717) is 19.6 Å². The van der Waals surface area contributed by atoms with Gasteiger partial charge in [0, 0.05) is 0 Å². The van der Waals surface area contributed by atoms with Gasteiger partial charge in [0.1, 0.15) is 12.4 Å². The number of nitrogens with one attached hydrogen (secondary N) is 1. The molecule has 0 bridgehead atoms. The van der Waals surface area contributed by atoms with Crippen molar-refractivity contribution in [1.29, 1.82) is 0 Å². The van der Waals surface area contributed by atoms with Gasteiger partial charge in [-0.15, -0.1) is 0 Å². The molecule has 0 fully saturated rings. The van der Waals surface area contributed by atoms with Crippen molar-refractivity contribution in [2.24, 2.45) is 0 Å². The Kier molecular flexibility index (Phi) is 5.81. The molecular formula is C17H18BrNO2. The molecule has 21 heavy (non-hydrogen) atoms. The summed E-state index contributed by atoms with van der Waals surface area (Å²) in [4.78, 5) is 11.9. The van der Waals surface area contributed by atoms with E-state index in [9.17, 15) is 4.79 Å². The van der Waals surface area contributed by atoms with Crippen molar-refractivity contribution in [3.63, 3.8) is 0 Å². The lowest BCUT2D eigenvalue weighted by molar-refractivity contribution is -0.120. The highest BCUT2D eigenvalue weighted by molar-refractivity contribution is 9.10. The second kappa shape index (κ2) is 7.84. The summed E-state index contributed by atoms with van der Waals surface area (Å²) in [7, 11) is 0. The summed E-state index contributed by atoms with van der Waals surface area (Å²) < 4.78 is 6.51. The average Bonchev–Trinajstić information content (AvgIpc) is 2.48. The molecule has 1 amide bonds. The minimum Gasteiger partial charge on any atom is -0.491 e. The zero-order valence-electron chi connectivity index (χ0n) is 11.9. The van der Waals surface area contributed by atoms with Crippen LogP contribution < -0.4 is 10.1 Å². The van der Waals surface area contributed by atoms with Crippen LogP contribution in [0.25, 0.3) is 0 Å². The Bertz CT molecular complexity index is 613. The van der Waals surface area contributed by atoms with Crippen molar-refractivity contribution in [2.45, 2.75) is 13.3 Å². The second-order valence-electron chi connectivity index (χ2n) is 4.73. The number of rotatable bonds is 6. The number of carbonyl (C=O) groups excluding carboxylic acids is 1. The lowest BCUT2D eigenvalue weighted by Gasteiger charge is -2.09. The van der Waals surface area contributed by atoms with Gasteiger partial charge in [-0.3, -0.25) is 4.79 Å². The van der Waals surface area contributed by atoms with Crippen molar-refractivity contribution >= 4 is 21.8 Å². The van der Waals surface area contributed by atoms with E-state index in [4.69, 9.17) is 4.74 Å². The van der Waals surface area contributed by atoms with Gasteiger partial charge in [0.15, 0.2) is 0 Å². The summed E-state index contributed by atoms with van der Waals surface area (Å²) in [6.07, 6.45) is 0.404. The predicted molar refractivity (Wildman–Crippen MR) is 87.5 cm³/mol. The highest BCUT2D eigenvalue weighted by Crippen LogP contribution is 2.23. The standard InChI is InChI=1S/C17H18BrNO2/c1-13-6-2-3-7-14(13)12-17(20)19-10-11-21-16-9-5-4-8-15(16)18/h2-9H,10-12H2,1H3,(H,19,20). The van der Waals surface area contributed by atoms with Gasteiger partial charge in [-0.05, 0) is 46.1 Å². The first-order valence-electron chi connectivity index (χ1n) is 6.85. The van der Waals surface area contributed by atoms with Crippen LogP contribution in [0.15, 0.2) is 53.0 Å². The number of amides is 1. The predicted octanol–water partition coefficient (Wildman–Crippen LogP) is 3.50. The largest absolute Gasteiger partial charge is 0.491 e. The molecule has 1 N–H and O–H groups in total. The fraction of sp³-hybridized carbons (Fsp3) is 0.235. The highest BCUT2D eigenvalue weighted by Gasteiger charge is 2.05. The number of hydrogen-bond donors (Lipinski definition) is 1. The van der Waals surface area contributed by atoms with Crippen LogP contribution in [0.5, 0.6) is 5.75 Å². The third-order valence-electron chi connectivity index (χ3n) is 3.13. The number of carbonyl (C=O) groups is 1. The molecule has 0 unspecified atom stereocenters. The molecule has 0 heterocycles. The number of para-hydroxylation sites is 1. The first kappa shape index (κ1) is 15.6. The van der Waals surface area contributed by atoms with E-state index in [-0.39, 0.29) is 5.91 Å². The smallest absolute Gasteiger partial charge is 0.224 e. The molecule has 0 atom stereocenters. The first-order chi connectivity index (χ1) is 10.2. The van der Waals surface area contributed by atoms with Crippen LogP contribution >= 0.6 is 15.9 Å². The van der Waals surface area contributed by atoms with Crippen LogP contribution in [0.1, 0.15) is 11.1 Å². The number of aryl methyl sites for hydroxylation is 1. The fourth-order valence-electron chi connectivity index (χ4n) is 1.96. The van der Waals surface area contributed by atoms with Crippen LogP contribution in [0.4, 0.5) is 0 Å². The van der Waals surface area contributed by atoms with E-state index in [1.165, 1.54) is 0 Å². The molecule has 0 aromatic heterocycles. The quantitative estimate of drug-likeness (QED) is 0.812. The molecule has 110 valence electrons. The molecule has 0 saturated heterocycles. The first-order valence-corrected chi connectivity index (χ1v) is 7.64. The van der Waals surface area contributed by atoms with E-state index >= 15 is 0 Å². The van der Waals surface area contributed by atoms with E-state index < -0.39 is 0 Å². The topological polar surface area (TPSA) is 38.3 Å². The van der Waals surface area contributed by atoms with E-state index in [1.54, 1.807) is 0 Å². The summed E-state index contributed by atoms with van der Waals surface area (Å²) in [6, 6.07) is 15.6. The molecule has 0 aliphatic heterocycles. The van der Waals surface area contributed by atoms with Crippen LogP contribution in [0.3, 0.4) is 0 Å². The number of hydrogen-bond acceptors (Lipinski definition) is 2. The molecule has 0 aliphatic carbocycles. The van der Waals surface area contributed by atoms with Gasteiger partial charge in [0.05, 0.1) is 17.4 Å². The third kappa shape index (κ3) is 4.90. The van der Waals surface area contributed by atoms with Crippen LogP contribution in [0.2, 0.25) is 0 Å². The SMILES string of the molecule is Cc1ccccc1CC(=O)NCCOc1ccccc1Br. The van der Waals surface area contributed by atoms with Crippen LogP contribution in [-0.4, -0.2) is 19.1 Å². The Morgan fingerprint density at radius 3 is 2.62 bits per heavy atom. The molecular weight excluding hydrogens is 330 g/mol. The van der Waals surface area contributed by atoms with E-state index in [1.807, 2.05) is 55.5 Å². The van der Waals surface area contributed by atoms with Crippen molar-refractivity contribution in [2.75, 3.05) is 13.2 Å². The van der Waals surface area contributed by atoms with Gasteiger partial charge in [-0.2, -0.15) is 0 Å². The molecule has 0 spiro atoms. The number of halogens is 1. The maximum atomic E-state index is 11.9. The molecule has 0 radical (unpaired) electrons. The minimum absolute atomic E-state index is 0.0139. The van der Waals surface area contributed by atoms with Gasteiger partial charge in [-0.25, -0.2) is 0 Å². The van der Waals surface area contributed by atoms with Gasteiger partial charge in [0.2, 0.25) is 5.91 Å². The minimum atomic E-state index is 0.0139. The van der Waals surface area contributed by atoms with Crippen molar-refractivity contribution in [3.05, 3.63) is 64.1 Å². The lowest BCUT2D eigenvalue weighted by atomic mass is 10.1. The summed E-state index contributed by atoms with van der Waals surface area (Å²) >= 11 is 3.42. The average molecular weight is 348 g/mol. The monoisotopic (exact) mass is 347 g/mol. The Labute approximate surface area is 133 Å². The Morgan fingerprint density at radius 1 is 1.14 bits per heavy atom. The van der Waals surface area contributed by atoms with Gasteiger partial charge < -0.3 is 10.1 Å². The number of benzene rings is 2. The zero-order valence-corrected chi connectivity index (χ0v) is 13.5. The van der Waals surface area contributed by atoms with Crippen LogP contribution in [0, 0.1) is 6.92 Å². The normalized spacial score (nSPS) is 10.2. The molecule has 0 saturated carbocycles. The maximum Gasteiger partial charge on any atom is 0.224 e. The molecule has 2 aromatic carbocycles. The van der Waals surface area contributed by atoms with Gasteiger partial charge in [-0.1, -0.05) is 36.4 Å². The van der Waals surface area contributed by atoms with E-state index in [2.05, 4.69) is 21.2 Å². The maximum absolute atomic E-state index is 11.9. The zero-order chi connectivity index (χ0) is 15.1. The second-order valence-corrected chi connectivity index (χ2v) is 5.59. The Balaban J connectivity index is 1.73. The summed E-state index contributed by atoms with van der Waals surface area (Å²) in [5.74, 6) is 0.797. The molecule has 2 aromatic rings. The van der Waals surface area contributed by atoms with Gasteiger partial charge in [0.25, 0.3) is 0 Å². The molecule has 4 heteroatoms. The van der Waals surface area contributed by atoms with Crippen LogP contribution in [-0.2, 0) is 11.2 Å². The summed E-state index contributed by atoms with van der Waals surface area (Å²) in [6.45, 7) is 2.95. The van der Waals surface area contributed by atoms with Gasteiger partial charge >= 0.3 is 0 Å². The highest BCUT2D eigenvalue weighted by atomic mass is 79.9. The van der Waals surface area contributed by atoms with Crippen molar-refractivity contribution in [1.82, 2.24) is 5.32 Å². The van der Waals surface area contributed by atoms with Crippen molar-refractivity contribution in [3.8, 4) is 5.75 Å². The fourth-order valence-corrected chi connectivity index (χ4v) is 2.36. The lowest BCUT2D eigenvalue weighted by Crippen LogP contribution is -2.29. The summed E-state index contributed by atoms with van der Waals surface area (Å²) in [5, 5.41) is 2.87. The molecule has 0 aliphatic rings. The Hall–Kier alpha value is -1.81. The molecule has 2 rings (SSSR count). The third-order valence-corrected chi connectivity index (χ3v) is 3.79. The van der Waals surface area contributed by atoms with Crippen molar-refractivity contribution < 1.29 is 9.53 Å². The summed E-state index contributed by atoms with van der Waals surface area (Å²) in [5.41, 5.74) is 2.19. The number of ether oxygens (including phenoxy) is 1. The van der Waals surface area contributed by atoms with E-state index in [0.717, 1.165) is 21.3 Å². The molecule has 3 nitrogen and oxygen atoms in total. The Morgan fingerprint density at radius 2 is 1.86 bits per heavy atom.